The van der Waals surface area contributed by atoms with Crippen molar-refractivity contribution >= 4 is 39.8 Å². The van der Waals surface area contributed by atoms with Gasteiger partial charge in [0, 0.05) is 39.4 Å². The molecule has 3 N–H and O–H groups in total. The Kier molecular flexibility index (Phi) is 6.52. The predicted molar refractivity (Wildman–Crippen MR) is 130 cm³/mol. The van der Waals surface area contributed by atoms with E-state index in [0.717, 1.165) is 54.1 Å². The van der Waals surface area contributed by atoms with Crippen molar-refractivity contribution in [2.24, 2.45) is 11.7 Å². The van der Waals surface area contributed by atoms with Gasteiger partial charge in [-0.3, -0.25) is 4.98 Å². The molecule has 0 atom stereocenters. The third-order valence-electron chi connectivity index (χ3n) is 5.89. The molecule has 1 fully saturated rings. The van der Waals surface area contributed by atoms with Gasteiger partial charge in [-0.05, 0) is 85.0 Å². The van der Waals surface area contributed by atoms with Gasteiger partial charge in [-0.2, -0.15) is 0 Å². The van der Waals surface area contributed by atoms with Crippen molar-refractivity contribution in [1.29, 1.82) is 0 Å². The second-order valence-corrected chi connectivity index (χ2v) is 9.78. The summed E-state index contributed by atoms with van der Waals surface area (Å²) < 4.78 is 0. The summed E-state index contributed by atoms with van der Waals surface area (Å²) in [6, 6.07) is 12.8. The number of nitrogens with one attached hydrogen (secondary N) is 1. The second kappa shape index (κ2) is 9.13. The number of pyridine rings is 1. The molecule has 0 spiro atoms. The van der Waals surface area contributed by atoms with Gasteiger partial charge in [0.1, 0.15) is 0 Å². The largest absolute Gasteiger partial charge is 0.381 e. The van der Waals surface area contributed by atoms with Gasteiger partial charge in [-0.15, -0.1) is 0 Å². The van der Waals surface area contributed by atoms with Crippen molar-refractivity contribution < 1.29 is 0 Å². The number of halogens is 2. The number of aromatic nitrogens is 1. The van der Waals surface area contributed by atoms with E-state index < -0.39 is 0 Å². The molecule has 3 aromatic rings. The zero-order valence-electron chi connectivity index (χ0n) is 17.6. The molecule has 0 unspecified atom stereocenters. The summed E-state index contributed by atoms with van der Waals surface area (Å²) in [6.45, 7) is 4.50. The molecule has 1 aromatic heterocycles. The van der Waals surface area contributed by atoms with Crippen molar-refractivity contribution in [1.82, 2.24) is 4.98 Å². The summed E-state index contributed by atoms with van der Waals surface area (Å²) in [5.74, 6) is 0.555. The lowest BCUT2D eigenvalue weighted by atomic mass is 9.90. The normalized spacial score (nSPS) is 19.4. The monoisotopic (exact) mass is 441 g/mol. The van der Waals surface area contributed by atoms with Crippen molar-refractivity contribution in [3.8, 4) is 11.1 Å². The van der Waals surface area contributed by atoms with Crippen LogP contribution in [0.15, 0.2) is 42.6 Å². The Labute approximate surface area is 189 Å². The van der Waals surface area contributed by atoms with Crippen molar-refractivity contribution in [2.75, 3.05) is 5.32 Å². The summed E-state index contributed by atoms with van der Waals surface area (Å²) >= 11 is 12.5. The van der Waals surface area contributed by atoms with E-state index in [4.69, 9.17) is 33.9 Å². The lowest BCUT2D eigenvalue weighted by molar-refractivity contribution is 0.411. The zero-order chi connectivity index (χ0) is 21.3. The average molecular weight is 442 g/mol. The molecule has 158 valence electrons. The molecule has 0 aliphatic heterocycles. The molecule has 1 aliphatic rings. The van der Waals surface area contributed by atoms with Crippen LogP contribution in [0.5, 0.6) is 0 Å². The highest BCUT2D eigenvalue weighted by Crippen LogP contribution is 2.35. The van der Waals surface area contributed by atoms with Crippen LogP contribution in [0.1, 0.15) is 45.1 Å². The molecule has 1 aliphatic carbocycles. The van der Waals surface area contributed by atoms with Gasteiger partial charge in [0.2, 0.25) is 0 Å². The zero-order valence-corrected chi connectivity index (χ0v) is 19.1. The molecule has 2 aromatic carbocycles. The number of benzene rings is 2. The fraction of sp³-hybridized carbons (Fsp3) is 0.400. The minimum absolute atomic E-state index is 0.339. The van der Waals surface area contributed by atoms with Gasteiger partial charge < -0.3 is 11.1 Å². The fourth-order valence-corrected chi connectivity index (χ4v) is 4.89. The van der Waals surface area contributed by atoms with E-state index >= 15 is 0 Å². The van der Waals surface area contributed by atoms with Crippen LogP contribution in [-0.2, 0) is 6.42 Å². The summed E-state index contributed by atoms with van der Waals surface area (Å²) in [5.41, 5.74) is 11.7. The molecule has 3 nitrogen and oxygen atoms in total. The van der Waals surface area contributed by atoms with Gasteiger partial charge >= 0.3 is 0 Å². The van der Waals surface area contributed by atoms with E-state index in [1.54, 1.807) is 6.07 Å². The van der Waals surface area contributed by atoms with Gasteiger partial charge in [0.25, 0.3) is 0 Å². The van der Waals surface area contributed by atoms with Crippen LogP contribution < -0.4 is 11.1 Å². The molecular formula is C25H29Cl2N3. The highest BCUT2D eigenvalue weighted by Gasteiger charge is 2.21. The highest BCUT2D eigenvalue weighted by molar-refractivity contribution is 6.35. The molecule has 5 heteroatoms. The molecule has 0 amide bonds. The Morgan fingerprint density at radius 3 is 2.37 bits per heavy atom. The maximum Gasteiger partial charge on any atom is 0.0723 e. The molecule has 30 heavy (non-hydrogen) atoms. The third-order valence-corrected chi connectivity index (χ3v) is 6.33. The van der Waals surface area contributed by atoms with Crippen molar-refractivity contribution in [2.45, 2.75) is 58.0 Å². The number of nitrogens with zero attached hydrogens (tertiary/aromatic N) is 1. The number of nitrogens with two attached hydrogens (primary N) is 1. The van der Waals surface area contributed by atoms with Crippen LogP contribution in [0.4, 0.5) is 5.69 Å². The Morgan fingerprint density at radius 1 is 1.00 bits per heavy atom. The first-order valence-electron chi connectivity index (χ1n) is 10.8. The summed E-state index contributed by atoms with van der Waals surface area (Å²) in [7, 11) is 0. The van der Waals surface area contributed by atoms with E-state index in [0.29, 0.717) is 28.0 Å². The Hall–Kier alpha value is -1.81. The van der Waals surface area contributed by atoms with E-state index in [1.165, 1.54) is 11.3 Å². The fourth-order valence-electron chi connectivity index (χ4n) is 4.37. The first-order chi connectivity index (χ1) is 14.4. The molecule has 0 radical (unpaired) electrons. The van der Waals surface area contributed by atoms with Gasteiger partial charge in [-0.1, -0.05) is 43.1 Å². The molecule has 4 rings (SSSR count). The predicted octanol–water partition coefficient (Wildman–Crippen LogP) is 7.09. The molecule has 1 heterocycles. The topological polar surface area (TPSA) is 50.9 Å². The van der Waals surface area contributed by atoms with E-state index in [1.807, 2.05) is 18.3 Å². The van der Waals surface area contributed by atoms with E-state index in [-0.39, 0.29) is 0 Å². The molecule has 0 saturated heterocycles. The second-order valence-electron chi connectivity index (χ2n) is 8.90. The van der Waals surface area contributed by atoms with Crippen molar-refractivity contribution in [3.05, 3.63) is 58.2 Å². The van der Waals surface area contributed by atoms with Crippen LogP contribution in [0.2, 0.25) is 10.0 Å². The maximum absolute atomic E-state index is 6.25. The lowest BCUT2D eigenvalue weighted by Crippen LogP contribution is -2.33. The highest BCUT2D eigenvalue weighted by atomic mass is 35.5. The minimum Gasteiger partial charge on any atom is -0.381 e. The summed E-state index contributed by atoms with van der Waals surface area (Å²) in [5, 5.41) is 6.30. The number of hydrogen-bond donors (Lipinski definition) is 2. The molecule has 1 saturated carbocycles. The summed E-state index contributed by atoms with van der Waals surface area (Å²) in [6.07, 6.45) is 7.39. The molecule has 0 bridgehead atoms. The van der Waals surface area contributed by atoms with Crippen LogP contribution in [0, 0.1) is 5.92 Å². The van der Waals surface area contributed by atoms with Crippen molar-refractivity contribution in [3.63, 3.8) is 0 Å². The third kappa shape index (κ3) is 4.91. The SMILES string of the molecule is CC(C)Cc1cnc2ccc(-c3cc(Cl)cc(Cl)c3)cc2c1N[C@H]1CC[C@H](N)CC1. The van der Waals surface area contributed by atoms with Gasteiger partial charge in [-0.25, -0.2) is 0 Å². The van der Waals surface area contributed by atoms with Crippen LogP contribution in [0.25, 0.3) is 22.0 Å². The van der Waals surface area contributed by atoms with Gasteiger partial charge in [0.05, 0.1) is 5.52 Å². The Balaban J connectivity index is 1.79. The quantitative estimate of drug-likeness (QED) is 0.444. The van der Waals surface area contributed by atoms with E-state index in [9.17, 15) is 0 Å². The smallest absolute Gasteiger partial charge is 0.0723 e. The van der Waals surface area contributed by atoms with Crippen LogP contribution >= 0.6 is 23.2 Å². The summed E-state index contributed by atoms with van der Waals surface area (Å²) in [4.78, 5) is 4.76. The van der Waals surface area contributed by atoms with Crippen LogP contribution in [-0.4, -0.2) is 17.1 Å². The Morgan fingerprint density at radius 2 is 1.70 bits per heavy atom. The number of rotatable bonds is 5. The average Bonchev–Trinajstić information content (AvgIpc) is 2.70. The first-order valence-corrected chi connectivity index (χ1v) is 11.5. The van der Waals surface area contributed by atoms with E-state index in [2.05, 4.69) is 37.4 Å². The number of anilines is 1. The van der Waals surface area contributed by atoms with Crippen LogP contribution in [0.3, 0.4) is 0 Å². The van der Waals surface area contributed by atoms with Gasteiger partial charge in [0.15, 0.2) is 0 Å². The maximum atomic E-state index is 6.25. The molecular weight excluding hydrogens is 413 g/mol. The standard InChI is InChI=1S/C25H29Cl2N3/c1-15(2)9-18-14-29-24-8-3-16(17-10-19(26)13-20(27)11-17)12-23(24)25(18)30-22-6-4-21(28)5-7-22/h3,8,10-15,21-22H,4-7,9,28H2,1-2H3,(H,29,30)/t21-,22-. The Bertz CT molecular complexity index is 1020. The lowest BCUT2D eigenvalue weighted by Gasteiger charge is -2.29. The minimum atomic E-state index is 0.339. The number of fused-ring (bicyclic) bond motifs is 1. The number of hydrogen-bond acceptors (Lipinski definition) is 3. The first kappa shape index (κ1) is 21.4.